The Hall–Kier alpha value is -2.25. The molecule has 38 heavy (non-hydrogen) atoms. The van der Waals surface area contributed by atoms with Gasteiger partial charge >= 0.3 is 0 Å². The normalized spacial score (nSPS) is 18.7. The maximum absolute atomic E-state index is 16.2. The van der Waals surface area contributed by atoms with Crippen LogP contribution in [0.4, 0.5) is 8.78 Å². The highest BCUT2D eigenvalue weighted by Gasteiger charge is 2.42. The zero-order chi connectivity index (χ0) is 27.6. The minimum atomic E-state index is -1.28. The van der Waals surface area contributed by atoms with Gasteiger partial charge in [0.25, 0.3) is 0 Å². The van der Waals surface area contributed by atoms with Crippen molar-refractivity contribution in [1.82, 2.24) is 4.90 Å². The van der Waals surface area contributed by atoms with Gasteiger partial charge in [0.1, 0.15) is 11.3 Å². The van der Waals surface area contributed by atoms with Gasteiger partial charge in [-0.2, -0.15) is 5.26 Å². The van der Waals surface area contributed by atoms with E-state index < -0.39 is 11.3 Å². The fraction of sp³-hybridized carbons (Fsp3) is 0.618. The molecule has 2 saturated carbocycles. The molecule has 4 heteroatoms. The molecular weight excluding hydrogens is 474 g/mol. The fourth-order valence-electron chi connectivity index (χ4n) is 6.79. The predicted octanol–water partition coefficient (Wildman–Crippen LogP) is 9.36. The van der Waals surface area contributed by atoms with Crippen LogP contribution in [0.2, 0.25) is 0 Å². The first-order valence-electron chi connectivity index (χ1n) is 14.9. The molecule has 1 atom stereocenters. The number of benzene rings is 2. The van der Waals surface area contributed by atoms with Crippen molar-refractivity contribution in [2.75, 3.05) is 6.54 Å². The van der Waals surface area contributed by atoms with Crippen molar-refractivity contribution in [3.05, 3.63) is 70.8 Å². The molecule has 0 radical (unpaired) electrons. The molecule has 0 saturated heterocycles. The third-order valence-electron chi connectivity index (χ3n) is 8.77. The maximum Gasteiger partial charge on any atom is 0.136 e. The van der Waals surface area contributed by atoms with Crippen molar-refractivity contribution in [2.24, 2.45) is 0 Å². The third kappa shape index (κ3) is 7.44. The van der Waals surface area contributed by atoms with Gasteiger partial charge in [0, 0.05) is 25.6 Å². The summed E-state index contributed by atoms with van der Waals surface area (Å²) in [6.45, 7) is 9.25. The molecule has 4 rings (SSSR count). The van der Waals surface area contributed by atoms with Gasteiger partial charge in [0.05, 0.1) is 6.07 Å². The van der Waals surface area contributed by atoms with Crippen molar-refractivity contribution >= 4 is 0 Å². The Balaban J connectivity index is 0.00000127. The van der Waals surface area contributed by atoms with Gasteiger partial charge in [-0.3, -0.25) is 4.90 Å². The van der Waals surface area contributed by atoms with Gasteiger partial charge in [0.15, 0.2) is 0 Å². The Labute approximate surface area is 230 Å². The van der Waals surface area contributed by atoms with Gasteiger partial charge in [-0.25, -0.2) is 8.78 Å². The van der Waals surface area contributed by atoms with Crippen LogP contribution >= 0.6 is 0 Å². The van der Waals surface area contributed by atoms with Gasteiger partial charge < -0.3 is 0 Å². The lowest BCUT2D eigenvalue weighted by Gasteiger charge is -2.36. The molecule has 0 aliphatic heterocycles. The summed E-state index contributed by atoms with van der Waals surface area (Å²) in [5.41, 5.74) is 1.38. The van der Waals surface area contributed by atoms with Gasteiger partial charge in [-0.05, 0) is 113 Å². The lowest BCUT2D eigenvalue weighted by atomic mass is 9.80. The fourth-order valence-corrected chi connectivity index (χ4v) is 6.79. The minimum absolute atomic E-state index is 0.401. The van der Waals surface area contributed by atoms with E-state index in [1.165, 1.54) is 12.5 Å². The zero-order valence-corrected chi connectivity index (χ0v) is 24.1. The Morgan fingerprint density at radius 2 is 1.34 bits per heavy atom. The van der Waals surface area contributed by atoms with Crippen LogP contribution in [0.3, 0.4) is 0 Å². The smallest absolute Gasteiger partial charge is 0.136 e. The molecule has 208 valence electrons. The minimum Gasteiger partial charge on any atom is -0.298 e. The quantitative estimate of drug-likeness (QED) is 0.294. The van der Waals surface area contributed by atoms with E-state index in [1.807, 2.05) is 18.2 Å². The zero-order valence-electron chi connectivity index (χ0n) is 24.1. The monoisotopic (exact) mass is 522 g/mol. The van der Waals surface area contributed by atoms with Crippen LogP contribution in [0.1, 0.15) is 114 Å². The summed E-state index contributed by atoms with van der Waals surface area (Å²) < 4.78 is 32.3. The van der Waals surface area contributed by atoms with Crippen molar-refractivity contribution in [1.29, 1.82) is 5.26 Å². The van der Waals surface area contributed by atoms with Crippen LogP contribution in [-0.2, 0) is 24.2 Å². The first-order chi connectivity index (χ1) is 18.3. The van der Waals surface area contributed by atoms with E-state index in [9.17, 15) is 0 Å². The number of halogens is 2. The number of hydrogen-bond donors (Lipinski definition) is 0. The number of nitrogens with zero attached hydrogens (tertiary/aromatic N) is 2. The van der Waals surface area contributed by atoms with Gasteiger partial charge in [-0.15, -0.1) is 0 Å². The van der Waals surface area contributed by atoms with Crippen molar-refractivity contribution in [2.45, 2.75) is 128 Å². The molecule has 0 spiro atoms. The molecule has 0 N–H and O–H groups in total. The SMILES string of the molecule is CC#N.CCC(CCc1c(C2(F)CCCC2)cccc1C1(F)CCCC1)N(CCc1ccccc1)C(C)C. The molecular formula is C34H48F2N2. The summed E-state index contributed by atoms with van der Waals surface area (Å²) in [6, 6.07) is 19.1. The van der Waals surface area contributed by atoms with Crippen LogP contribution in [0.5, 0.6) is 0 Å². The van der Waals surface area contributed by atoms with E-state index in [-0.39, 0.29) is 0 Å². The summed E-state index contributed by atoms with van der Waals surface area (Å²) in [7, 11) is 0. The first-order valence-corrected chi connectivity index (χ1v) is 14.9. The van der Waals surface area contributed by atoms with Crippen molar-refractivity contribution in [3.8, 4) is 6.07 Å². The third-order valence-corrected chi connectivity index (χ3v) is 8.77. The topological polar surface area (TPSA) is 27.0 Å². The lowest BCUT2D eigenvalue weighted by molar-refractivity contribution is 0.139. The molecule has 2 aromatic carbocycles. The predicted molar refractivity (Wildman–Crippen MR) is 155 cm³/mol. The summed E-state index contributed by atoms with van der Waals surface area (Å²) in [4.78, 5) is 2.61. The Morgan fingerprint density at radius 1 is 0.842 bits per heavy atom. The van der Waals surface area contributed by atoms with Crippen molar-refractivity contribution in [3.63, 3.8) is 0 Å². The first kappa shape index (κ1) is 30.3. The Kier molecular flexibility index (Phi) is 11.3. The average Bonchev–Trinajstić information content (AvgIpc) is 3.56. The second-order valence-corrected chi connectivity index (χ2v) is 11.6. The second kappa shape index (κ2) is 14.2. The molecule has 0 amide bonds. The molecule has 2 aromatic rings. The molecule has 2 fully saturated rings. The summed E-state index contributed by atoms with van der Waals surface area (Å²) in [5, 5.41) is 7.32. The maximum atomic E-state index is 16.2. The molecule has 2 aliphatic carbocycles. The van der Waals surface area contributed by atoms with Crippen LogP contribution in [0.15, 0.2) is 48.5 Å². The van der Waals surface area contributed by atoms with E-state index >= 15 is 8.78 Å². The largest absolute Gasteiger partial charge is 0.298 e. The number of nitriles is 1. The molecule has 0 aromatic heterocycles. The van der Waals surface area contributed by atoms with Gasteiger partial charge in [0.2, 0.25) is 0 Å². The summed E-state index contributed by atoms with van der Waals surface area (Å²) in [6.07, 6.45) is 9.81. The van der Waals surface area contributed by atoms with E-state index in [1.54, 1.807) is 6.07 Å². The highest BCUT2D eigenvalue weighted by Crippen LogP contribution is 2.49. The molecule has 2 nitrogen and oxygen atoms in total. The highest BCUT2D eigenvalue weighted by atomic mass is 19.1. The van der Waals surface area contributed by atoms with Crippen LogP contribution < -0.4 is 0 Å². The van der Waals surface area contributed by atoms with Gasteiger partial charge in [-0.1, -0.05) is 55.5 Å². The molecule has 0 heterocycles. The molecule has 2 aliphatic rings. The summed E-state index contributed by atoms with van der Waals surface area (Å²) >= 11 is 0. The Morgan fingerprint density at radius 3 is 1.79 bits per heavy atom. The Bertz CT molecular complexity index is 974. The number of hydrogen-bond acceptors (Lipinski definition) is 2. The van der Waals surface area contributed by atoms with E-state index in [2.05, 4.69) is 56.0 Å². The van der Waals surface area contributed by atoms with Crippen LogP contribution in [-0.4, -0.2) is 23.5 Å². The highest BCUT2D eigenvalue weighted by molar-refractivity contribution is 5.43. The number of alkyl halides is 2. The van der Waals surface area contributed by atoms with E-state index in [0.717, 1.165) is 74.6 Å². The molecule has 1 unspecified atom stereocenters. The van der Waals surface area contributed by atoms with E-state index in [0.29, 0.717) is 37.8 Å². The average molecular weight is 523 g/mol. The lowest BCUT2D eigenvalue weighted by Crippen LogP contribution is -2.42. The summed E-state index contributed by atoms with van der Waals surface area (Å²) in [5.74, 6) is 0. The second-order valence-electron chi connectivity index (χ2n) is 11.6. The van der Waals surface area contributed by atoms with E-state index in [4.69, 9.17) is 5.26 Å². The van der Waals surface area contributed by atoms with Crippen molar-refractivity contribution < 1.29 is 8.78 Å². The number of rotatable bonds is 11. The van der Waals surface area contributed by atoms with Crippen LogP contribution in [0.25, 0.3) is 0 Å². The molecule has 0 bridgehead atoms. The van der Waals surface area contributed by atoms with Crippen LogP contribution in [0, 0.1) is 11.3 Å². The standard InChI is InChI=1S/C32H45F2N.C2H3N/c1-4-27(35(25(2)3)24-19-26-13-6-5-7-14-26)17-18-28-29(31(33)20-8-9-21-31)15-12-16-30(28)32(34)22-10-11-23-32;1-2-3/h5-7,12-16,25,27H,4,8-11,17-24H2,1-3H3;1H3.